The number of anilines is 1. The van der Waals surface area contributed by atoms with E-state index in [1.54, 1.807) is 12.1 Å². The van der Waals surface area contributed by atoms with E-state index in [-0.39, 0.29) is 11.8 Å². The van der Waals surface area contributed by atoms with Gasteiger partial charge in [0, 0.05) is 0 Å². The second-order valence-corrected chi connectivity index (χ2v) is 4.19. The molecule has 0 saturated heterocycles. The van der Waals surface area contributed by atoms with Crippen LogP contribution in [0.5, 0.6) is 11.6 Å². The van der Waals surface area contributed by atoms with Gasteiger partial charge in [0.25, 0.3) is 5.88 Å². The minimum Gasteiger partial charge on any atom is -0.435 e. The number of nitrogens with one attached hydrogen (secondary N) is 1. The zero-order valence-electron chi connectivity index (χ0n) is 8.52. The molecule has 3 N–H and O–H groups in total. The van der Waals surface area contributed by atoms with Crippen molar-refractivity contribution < 1.29 is 9.13 Å². The van der Waals surface area contributed by atoms with Gasteiger partial charge >= 0.3 is 0 Å². The Balaban J connectivity index is 2.32. The van der Waals surface area contributed by atoms with Crippen molar-refractivity contribution in [1.29, 1.82) is 0 Å². The normalized spacial score (nSPS) is 10.1. The van der Waals surface area contributed by atoms with E-state index in [0.29, 0.717) is 5.75 Å². The Morgan fingerprint density at radius 1 is 1.35 bits per heavy atom. The van der Waals surface area contributed by atoms with Gasteiger partial charge in [-0.2, -0.15) is 9.37 Å². The van der Waals surface area contributed by atoms with E-state index in [2.05, 4.69) is 38.0 Å². The quantitative estimate of drug-likeness (QED) is 0.507. The van der Waals surface area contributed by atoms with E-state index in [0.717, 1.165) is 9.77 Å². The average Bonchev–Trinajstić information content (AvgIpc) is 2.35. The van der Waals surface area contributed by atoms with Crippen molar-refractivity contribution in [2.24, 2.45) is 5.84 Å². The topological polar surface area (TPSA) is 73.1 Å². The van der Waals surface area contributed by atoms with E-state index >= 15 is 0 Å². The molecule has 0 radical (unpaired) electrons. The summed E-state index contributed by atoms with van der Waals surface area (Å²) in [6, 6.07) is 7.21. The number of rotatable bonds is 3. The molecule has 0 unspecified atom stereocenters. The Labute approximate surface area is 110 Å². The largest absolute Gasteiger partial charge is 0.435 e. The van der Waals surface area contributed by atoms with Crippen LogP contribution < -0.4 is 16.0 Å². The first-order valence-electron chi connectivity index (χ1n) is 4.62. The Morgan fingerprint density at radius 2 is 2.12 bits per heavy atom. The van der Waals surface area contributed by atoms with Crippen molar-refractivity contribution in [3.63, 3.8) is 0 Å². The first kappa shape index (κ1) is 12.0. The lowest BCUT2D eigenvalue weighted by molar-refractivity contribution is 0.418. The zero-order valence-corrected chi connectivity index (χ0v) is 10.7. The van der Waals surface area contributed by atoms with Gasteiger partial charge in [-0.1, -0.05) is 12.1 Å². The molecule has 0 spiro atoms. The Bertz CT molecular complexity index is 537. The van der Waals surface area contributed by atoms with E-state index in [9.17, 15) is 4.39 Å². The maximum absolute atomic E-state index is 13.4. The molecule has 1 aromatic carbocycles. The number of ether oxygens (including phenoxy) is 1. The van der Waals surface area contributed by atoms with Gasteiger partial charge in [-0.25, -0.2) is 10.8 Å². The van der Waals surface area contributed by atoms with Gasteiger partial charge in [0.15, 0.2) is 0 Å². The summed E-state index contributed by atoms with van der Waals surface area (Å²) in [6.45, 7) is 0. The maximum Gasteiger partial charge on any atom is 0.260 e. The van der Waals surface area contributed by atoms with Crippen LogP contribution in [-0.4, -0.2) is 9.97 Å². The number of hydrogen-bond donors (Lipinski definition) is 2. The number of halogens is 2. The molecule has 0 saturated carbocycles. The van der Waals surface area contributed by atoms with Crippen molar-refractivity contribution in [2.45, 2.75) is 0 Å². The van der Waals surface area contributed by atoms with Crippen LogP contribution in [0.15, 0.2) is 30.5 Å². The van der Waals surface area contributed by atoms with E-state index in [1.807, 2.05) is 12.1 Å². The van der Waals surface area contributed by atoms with E-state index in [4.69, 9.17) is 10.6 Å². The van der Waals surface area contributed by atoms with Crippen LogP contribution in [0.4, 0.5) is 10.3 Å². The van der Waals surface area contributed by atoms with Gasteiger partial charge in [-0.15, -0.1) is 0 Å². The van der Waals surface area contributed by atoms with Crippen LogP contribution in [0.25, 0.3) is 0 Å². The average molecular weight is 346 g/mol. The number of aromatic nitrogens is 2. The highest BCUT2D eigenvalue weighted by Crippen LogP contribution is 2.26. The molecule has 0 aliphatic rings. The van der Waals surface area contributed by atoms with E-state index < -0.39 is 5.82 Å². The van der Waals surface area contributed by atoms with Gasteiger partial charge in [0.05, 0.1) is 9.77 Å². The second kappa shape index (κ2) is 5.23. The molecule has 0 bridgehead atoms. The third kappa shape index (κ3) is 2.80. The predicted molar refractivity (Wildman–Crippen MR) is 69.0 cm³/mol. The lowest BCUT2D eigenvalue weighted by Crippen LogP contribution is -2.11. The molecule has 0 amide bonds. The standard InChI is InChI=1S/C10H8FIN4O/c11-6-5-14-10(16-13)15-9(6)17-8-4-2-1-3-7(8)12/h1-5H,13H2,(H,14,15,16). The maximum atomic E-state index is 13.4. The highest BCUT2D eigenvalue weighted by atomic mass is 127. The summed E-state index contributed by atoms with van der Waals surface area (Å²) in [6.07, 6.45) is 0.993. The monoisotopic (exact) mass is 346 g/mol. The predicted octanol–water partition coefficient (Wildman–Crippen LogP) is 2.30. The molecule has 1 heterocycles. The summed E-state index contributed by atoms with van der Waals surface area (Å²) >= 11 is 2.09. The van der Waals surface area contributed by atoms with Crippen LogP contribution in [0.2, 0.25) is 0 Å². The molecule has 0 atom stereocenters. The molecule has 5 nitrogen and oxygen atoms in total. The minimum absolute atomic E-state index is 0.0901. The minimum atomic E-state index is -0.649. The smallest absolute Gasteiger partial charge is 0.260 e. The summed E-state index contributed by atoms with van der Waals surface area (Å²) in [5.74, 6) is 4.93. The molecule has 0 fully saturated rings. The zero-order chi connectivity index (χ0) is 12.3. The molecule has 7 heteroatoms. The van der Waals surface area contributed by atoms with Crippen molar-refractivity contribution in [3.05, 3.63) is 39.8 Å². The highest BCUT2D eigenvalue weighted by molar-refractivity contribution is 14.1. The molecular weight excluding hydrogens is 338 g/mol. The Hall–Kier alpha value is -1.48. The lowest BCUT2D eigenvalue weighted by Gasteiger charge is -2.08. The number of nitrogens with two attached hydrogens (primary N) is 1. The fourth-order valence-corrected chi connectivity index (χ4v) is 1.62. The third-order valence-electron chi connectivity index (χ3n) is 1.88. The number of nitrogen functional groups attached to an aromatic ring is 1. The van der Waals surface area contributed by atoms with Crippen molar-refractivity contribution >= 4 is 28.5 Å². The summed E-state index contributed by atoms with van der Waals surface area (Å²) in [5.41, 5.74) is 2.22. The summed E-state index contributed by atoms with van der Waals surface area (Å²) in [4.78, 5) is 7.40. The number of hydrazine groups is 1. The molecule has 17 heavy (non-hydrogen) atoms. The van der Waals surface area contributed by atoms with Gasteiger partial charge in [0.2, 0.25) is 11.8 Å². The highest BCUT2D eigenvalue weighted by Gasteiger charge is 2.10. The van der Waals surface area contributed by atoms with E-state index in [1.165, 1.54) is 0 Å². The first-order chi connectivity index (χ1) is 8.20. The molecule has 2 aromatic rings. The Kier molecular flexibility index (Phi) is 3.69. The van der Waals surface area contributed by atoms with Crippen LogP contribution >= 0.6 is 22.6 Å². The van der Waals surface area contributed by atoms with Crippen LogP contribution in [0.3, 0.4) is 0 Å². The third-order valence-corrected chi connectivity index (χ3v) is 2.78. The number of para-hydroxylation sites is 1. The first-order valence-corrected chi connectivity index (χ1v) is 5.70. The van der Waals surface area contributed by atoms with Crippen LogP contribution in [-0.2, 0) is 0 Å². The van der Waals surface area contributed by atoms with Gasteiger partial charge in [-0.3, -0.25) is 5.43 Å². The van der Waals surface area contributed by atoms with Gasteiger partial charge < -0.3 is 4.74 Å². The van der Waals surface area contributed by atoms with Crippen molar-refractivity contribution in [3.8, 4) is 11.6 Å². The molecule has 0 aliphatic carbocycles. The number of nitrogens with zero attached hydrogens (tertiary/aromatic N) is 2. The lowest BCUT2D eigenvalue weighted by atomic mass is 10.3. The number of benzene rings is 1. The molecular formula is C10H8FIN4O. The number of hydrogen-bond acceptors (Lipinski definition) is 5. The summed E-state index contributed by atoms with van der Waals surface area (Å²) in [5, 5.41) is 0. The van der Waals surface area contributed by atoms with Crippen molar-refractivity contribution in [1.82, 2.24) is 9.97 Å². The summed E-state index contributed by atoms with van der Waals surface area (Å²) < 4.78 is 19.6. The summed E-state index contributed by atoms with van der Waals surface area (Å²) in [7, 11) is 0. The van der Waals surface area contributed by atoms with Crippen molar-refractivity contribution in [2.75, 3.05) is 5.43 Å². The van der Waals surface area contributed by atoms with Gasteiger partial charge in [-0.05, 0) is 34.7 Å². The molecule has 1 aromatic heterocycles. The molecule has 0 aliphatic heterocycles. The van der Waals surface area contributed by atoms with Crippen LogP contribution in [0, 0.1) is 9.39 Å². The fraction of sp³-hybridized carbons (Fsp3) is 0. The second-order valence-electron chi connectivity index (χ2n) is 3.02. The van der Waals surface area contributed by atoms with Crippen LogP contribution in [0.1, 0.15) is 0 Å². The van der Waals surface area contributed by atoms with Gasteiger partial charge in [0.1, 0.15) is 5.75 Å². The molecule has 2 rings (SSSR count). The Morgan fingerprint density at radius 3 is 2.82 bits per heavy atom. The SMILES string of the molecule is NNc1ncc(F)c(Oc2ccccc2I)n1. The molecule has 88 valence electrons. The fourth-order valence-electron chi connectivity index (χ4n) is 1.12.